The fraction of sp³-hybridized carbons (Fsp3) is 0.160. The van der Waals surface area contributed by atoms with Gasteiger partial charge in [0.2, 0.25) is 17.7 Å². The SMILES string of the molecule is CC(=O)Nc1cccc(NCC(=O)Nc2cccc(NC(=O)CCc3ccccc3)c2)c1. The van der Waals surface area contributed by atoms with Gasteiger partial charge in [0.25, 0.3) is 0 Å². The fourth-order valence-corrected chi connectivity index (χ4v) is 3.10. The molecule has 7 heteroatoms. The summed E-state index contributed by atoms with van der Waals surface area (Å²) in [5.41, 5.74) is 3.68. The zero-order valence-corrected chi connectivity index (χ0v) is 17.9. The number of hydrogen-bond acceptors (Lipinski definition) is 4. The minimum absolute atomic E-state index is 0.0528. The van der Waals surface area contributed by atoms with E-state index in [0.29, 0.717) is 35.6 Å². The van der Waals surface area contributed by atoms with Gasteiger partial charge in [0, 0.05) is 36.1 Å². The number of anilines is 4. The predicted molar refractivity (Wildman–Crippen MR) is 128 cm³/mol. The van der Waals surface area contributed by atoms with E-state index in [-0.39, 0.29) is 24.3 Å². The zero-order valence-electron chi connectivity index (χ0n) is 17.9. The van der Waals surface area contributed by atoms with Gasteiger partial charge >= 0.3 is 0 Å². The molecule has 0 atom stereocenters. The number of hydrogen-bond donors (Lipinski definition) is 4. The first kappa shape index (κ1) is 22.6. The number of nitrogens with one attached hydrogen (secondary N) is 4. The molecule has 0 aliphatic carbocycles. The third kappa shape index (κ3) is 7.60. The van der Waals surface area contributed by atoms with Crippen molar-refractivity contribution < 1.29 is 14.4 Å². The third-order valence-corrected chi connectivity index (χ3v) is 4.55. The number of carbonyl (C=O) groups is 3. The Balaban J connectivity index is 1.48. The normalized spacial score (nSPS) is 10.2. The Morgan fingerprint density at radius 2 is 1.22 bits per heavy atom. The lowest BCUT2D eigenvalue weighted by atomic mass is 10.1. The second kappa shape index (κ2) is 11.3. The van der Waals surface area contributed by atoms with Gasteiger partial charge in [-0.05, 0) is 48.4 Å². The van der Waals surface area contributed by atoms with Crippen molar-refractivity contribution in [2.75, 3.05) is 27.8 Å². The average molecular weight is 431 g/mol. The van der Waals surface area contributed by atoms with Gasteiger partial charge in [-0.25, -0.2) is 0 Å². The molecular formula is C25H26N4O3. The van der Waals surface area contributed by atoms with Crippen molar-refractivity contribution in [3.8, 4) is 0 Å². The van der Waals surface area contributed by atoms with Crippen LogP contribution in [0.2, 0.25) is 0 Å². The van der Waals surface area contributed by atoms with Crippen molar-refractivity contribution in [1.29, 1.82) is 0 Å². The highest BCUT2D eigenvalue weighted by molar-refractivity contribution is 5.96. The number of aryl methyl sites for hydroxylation is 1. The summed E-state index contributed by atoms with van der Waals surface area (Å²) in [6.45, 7) is 1.49. The van der Waals surface area contributed by atoms with E-state index >= 15 is 0 Å². The van der Waals surface area contributed by atoms with Gasteiger partial charge in [-0.3, -0.25) is 14.4 Å². The van der Waals surface area contributed by atoms with E-state index in [0.717, 1.165) is 5.56 Å². The highest BCUT2D eigenvalue weighted by Gasteiger charge is 2.07. The summed E-state index contributed by atoms with van der Waals surface area (Å²) in [5, 5.41) is 11.4. The minimum atomic E-state index is -0.234. The summed E-state index contributed by atoms with van der Waals surface area (Å²) < 4.78 is 0. The van der Waals surface area contributed by atoms with Gasteiger partial charge in [0.1, 0.15) is 0 Å². The molecule has 0 spiro atoms. The van der Waals surface area contributed by atoms with E-state index < -0.39 is 0 Å². The summed E-state index contributed by atoms with van der Waals surface area (Å²) in [4.78, 5) is 35.7. The summed E-state index contributed by atoms with van der Waals surface area (Å²) in [6, 6.07) is 24.0. The first-order valence-electron chi connectivity index (χ1n) is 10.3. The number of benzene rings is 3. The van der Waals surface area contributed by atoms with Crippen LogP contribution in [0.4, 0.5) is 22.7 Å². The Kier molecular flexibility index (Phi) is 7.97. The zero-order chi connectivity index (χ0) is 22.8. The Labute approximate surface area is 187 Å². The number of rotatable bonds is 9. The highest BCUT2D eigenvalue weighted by Crippen LogP contribution is 2.17. The molecule has 3 amide bonds. The Morgan fingerprint density at radius 3 is 1.88 bits per heavy atom. The standard InChI is InChI=1S/C25H26N4O3/c1-18(30)27-21-10-5-9-20(15-21)26-17-25(32)29-23-12-6-11-22(16-23)28-24(31)14-13-19-7-3-2-4-8-19/h2-12,15-16,26H,13-14,17H2,1H3,(H,27,30)(H,28,31)(H,29,32). The van der Waals surface area contributed by atoms with Crippen molar-refractivity contribution in [2.45, 2.75) is 19.8 Å². The fourth-order valence-electron chi connectivity index (χ4n) is 3.10. The summed E-state index contributed by atoms with van der Waals surface area (Å²) >= 11 is 0. The first-order chi connectivity index (χ1) is 15.5. The van der Waals surface area contributed by atoms with Crippen LogP contribution < -0.4 is 21.3 Å². The topological polar surface area (TPSA) is 99.3 Å². The van der Waals surface area contributed by atoms with Crippen LogP contribution in [0.15, 0.2) is 78.9 Å². The molecule has 0 aliphatic rings. The van der Waals surface area contributed by atoms with Crippen molar-refractivity contribution in [2.24, 2.45) is 0 Å². The lowest BCUT2D eigenvalue weighted by Gasteiger charge is -2.11. The lowest BCUT2D eigenvalue weighted by Crippen LogP contribution is -2.22. The molecule has 0 bridgehead atoms. The molecular weight excluding hydrogens is 404 g/mol. The third-order valence-electron chi connectivity index (χ3n) is 4.55. The smallest absolute Gasteiger partial charge is 0.243 e. The molecule has 0 saturated heterocycles. The number of carbonyl (C=O) groups excluding carboxylic acids is 3. The van der Waals surface area contributed by atoms with Gasteiger partial charge in [-0.15, -0.1) is 0 Å². The van der Waals surface area contributed by atoms with Crippen LogP contribution in [-0.2, 0) is 20.8 Å². The molecule has 3 aromatic rings. The van der Waals surface area contributed by atoms with E-state index in [9.17, 15) is 14.4 Å². The Bertz CT molecular complexity index is 1080. The van der Waals surface area contributed by atoms with Gasteiger partial charge in [-0.1, -0.05) is 42.5 Å². The molecule has 0 heterocycles. The summed E-state index contributed by atoms with van der Waals surface area (Å²) in [6.07, 6.45) is 1.04. The maximum absolute atomic E-state index is 12.3. The van der Waals surface area contributed by atoms with E-state index in [2.05, 4.69) is 21.3 Å². The van der Waals surface area contributed by atoms with Crippen LogP contribution in [-0.4, -0.2) is 24.3 Å². The predicted octanol–water partition coefficient (Wildman–Crippen LogP) is 4.27. The van der Waals surface area contributed by atoms with Crippen molar-refractivity contribution in [3.05, 3.63) is 84.4 Å². The van der Waals surface area contributed by atoms with Crippen molar-refractivity contribution in [3.63, 3.8) is 0 Å². The molecule has 3 aromatic carbocycles. The molecule has 0 radical (unpaired) electrons. The highest BCUT2D eigenvalue weighted by atomic mass is 16.2. The minimum Gasteiger partial charge on any atom is -0.376 e. The van der Waals surface area contributed by atoms with Crippen LogP contribution in [0.3, 0.4) is 0 Å². The van der Waals surface area contributed by atoms with Gasteiger partial charge in [0.05, 0.1) is 6.54 Å². The monoisotopic (exact) mass is 430 g/mol. The van der Waals surface area contributed by atoms with Crippen LogP contribution >= 0.6 is 0 Å². The molecule has 32 heavy (non-hydrogen) atoms. The van der Waals surface area contributed by atoms with E-state index in [1.165, 1.54) is 6.92 Å². The summed E-state index contributed by atoms with van der Waals surface area (Å²) in [5.74, 6) is -0.479. The van der Waals surface area contributed by atoms with E-state index in [1.807, 2.05) is 36.4 Å². The lowest BCUT2D eigenvalue weighted by molar-refractivity contribution is -0.116. The van der Waals surface area contributed by atoms with Crippen molar-refractivity contribution >= 4 is 40.5 Å². The molecule has 0 saturated carbocycles. The largest absolute Gasteiger partial charge is 0.376 e. The summed E-state index contributed by atoms with van der Waals surface area (Å²) in [7, 11) is 0. The molecule has 4 N–H and O–H groups in total. The quantitative estimate of drug-likeness (QED) is 0.407. The van der Waals surface area contributed by atoms with Crippen LogP contribution in [0.5, 0.6) is 0 Å². The molecule has 0 aliphatic heterocycles. The average Bonchev–Trinajstić information content (AvgIpc) is 2.77. The molecule has 3 rings (SSSR count). The van der Waals surface area contributed by atoms with E-state index in [4.69, 9.17) is 0 Å². The molecule has 0 aromatic heterocycles. The molecule has 0 unspecified atom stereocenters. The molecule has 0 fully saturated rings. The van der Waals surface area contributed by atoms with E-state index in [1.54, 1.807) is 42.5 Å². The first-order valence-corrected chi connectivity index (χ1v) is 10.3. The Hall–Kier alpha value is -4.13. The van der Waals surface area contributed by atoms with Gasteiger partial charge in [-0.2, -0.15) is 0 Å². The molecule has 7 nitrogen and oxygen atoms in total. The Morgan fingerprint density at radius 1 is 0.656 bits per heavy atom. The second-order valence-electron chi connectivity index (χ2n) is 7.28. The van der Waals surface area contributed by atoms with Crippen LogP contribution in [0, 0.1) is 0 Å². The molecule has 164 valence electrons. The maximum atomic E-state index is 12.3. The van der Waals surface area contributed by atoms with Gasteiger partial charge in [0.15, 0.2) is 0 Å². The second-order valence-corrected chi connectivity index (χ2v) is 7.28. The maximum Gasteiger partial charge on any atom is 0.243 e. The van der Waals surface area contributed by atoms with Gasteiger partial charge < -0.3 is 21.3 Å². The van der Waals surface area contributed by atoms with Crippen molar-refractivity contribution in [1.82, 2.24) is 0 Å². The van der Waals surface area contributed by atoms with Crippen LogP contribution in [0.25, 0.3) is 0 Å². The number of amides is 3. The van der Waals surface area contributed by atoms with Crippen LogP contribution in [0.1, 0.15) is 18.9 Å².